The molecule has 2 aromatic carbocycles. The van der Waals surface area contributed by atoms with Crippen molar-refractivity contribution in [3.05, 3.63) is 71.7 Å². The molecule has 8 nitrogen and oxygen atoms in total. The smallest absolute Gasteiger partial charge is 0.234 e. The van der Waals surface area contributed by atoms with Crippen molar-refractivity contribution in [1.29, 1.82) is 0 Å². The molecule has 11 heteroatoms. The number of hydrogen-bond acceptors (Lipinski definition) is 7. The van der Waals surface area contributed by atoms with Gasteiger partial charge < -0.3 is 20.0 Å². The molecule has 0 aliphatic carbocycles. The lowest BCUT2D eigenvalue weighted by molar-refractivity contribution is -0.134. The molecule has 0 bridgehead atoms. The number of carbonyl (C=O) groups is 1. The van der Waals surface area contributed by atoms with Crippen LogP contribution in [0.25, 0.3) is 11.1 Å². The number of amidine groups is 1. The fraction of sp³-hybridized carbons (Fsp3) is 0.370. The molecule has 3 N–H and O–H groups in total. The maximum Gasteiger partial charge on any atom is 0.234 e. The summed E-state index contributed by atoms with van der Waals surface area (Å²) >= 11 is 0. The summed E-state index contributed by atoms with van der Waals surface area (Å²) < 4.78 is 19.7. The molecule has 38 heavy (non-hydrogen) atoms. The van der Waals surface area contributed by atoms with Crippen molar-refractivity contribution >= 4 is 32.2 Å². The highest BCUT2D eigenvalue weighted by atomic mass is 19.1. The molecule has 1 fully saturated rings. The Hall–Kier alpha value is -3.43. The molecule has 4 atom stereocenters. The van der Waals surface area contributed by atoms with Gasteiger partial charge in [0, 0.05) is 31.9 Å². The molecule has 3 radical (unpaired) electrons. The largest absolute Gasteiger partial charge is 0.391 e. The number of benzene rings is 2. The van der Waals surface area contributed by atoms with E-state index < -0.39 is 23.7 Å². The number of nitrogens with one attached hydrogen (secondary N) is 2. The predicted molar refractivity (Wildman–Crippen MR) is 144 cm³/mol. The van der Waals surface area contributed by atoms with Crippen LogP contribution in [0.15, 0.2) is 64.1 Å². The maximum absolute atomic E-state index is 14.2. The lowest BCUT2D eigenvalue weighted by Crippen LogP contribution is -2.49. The topological polar surface area (TPSA) is 103 Å². The van der Waals surface area contributed by atoms with Crippen molar-refractivity contribution in [1.82, 2.24) is 20.9 Å². The Morgan fingerprint density at radius 3 is 2.66 bits per heavy atom. The monoisotopic (exact) mass is 512 g/mol. The minimum Gasteiger partial charge on any atom is -0.391 e. The van der Waals surface area contributed by atoms with Gasteiger partial charge in [-0.2, -0.15) is 0 Å². The van der Waals surface area contributed by atoms with E-state index in [-0.39, 0.29) is 24.2 Å². The van der Waals surface area contributed by atoms with Gasteiger partial charge in [-0.25, -0.2) is 14.8 Å². The fourth-order valence-corrected chi connectivity index (χ4v) is 5.21. The first-order chi connectivity index (χ1) is 18.2. The van der Waals surface area contributed by atoms with Crippen LogP contribution in [-0.4, -0.2) is 60.5 Å². The van der Waals surface area contributed by atoms with Crippen LogP contribution < -0.4 is 16.4 Å². The number of β-amino-alcohol motifs (C(OH)–C–C–N with tert-alkyl or cyclic N) is 1. The summed E-state index contributed by atoms with van der Waals surface area (Å²) in [7, 11) is 6.88. The third kappa shape index (κ3) is 4.88. The number of aliphatic hydroxyl groups is 1. The van der Waals surface area contributed by atoms with Crippen molar-refractivity contribution in [3.8, 4) is 11.1 Å². The number of amides is 1. The lowest BCUT2D eigenvalue weighted by atomic mass is 9.53. The zero-order chi connectivity index (χ0) is 27.0. The van der Waals surface area contributed by atoms with Gasteiger partial charge in [-0.05, 0) is 36.1 Å². The molecule has 2 aliphatic heterocycles. The summed E-state index contributed by atoms with van der Waals surface area (Å²) in [6.45, 7) is 5.98. The third-order valence-corrected chi connectivity index (χ3v) is 7.24. The highest BCUT2D eigenvalue weighted by molar-refractivity contribution is 6.97. The van der Waals surface area contributed by atoms with Crippen molar-refractivity contribution < 1.29 is 18.8 Å². The quantitative estimate of drug-likeness (QED) is 0.419. The van der Waals surface area contributed by atoms with E-state index in [1.54, 1.807) is 29.2 Å². The van der Waals surface area contributed by atoms with Crippen molar-refractivity contribution in [2.45, 2.75) is 50.9 Å². The van der Waals surface area contributed by atoms with E-state index in [1.165, 1.54) is 13.2 Å². The SMILES string of the molecule is [B][B]c1cc(C(C(=O)N2C[C@H](O)C[C@H]2C2=NC(C)(c3ccc(-c4ccccc4F)cc3)NN2)C(C)C)on1. The molecule has 0 saturated carbocycles. The van der Waals surface area contributed by atoms with E-state index in [0.29, 0.717) is 29.2 Å². The summed E-state index contributed by atoms with van der Waals surface area (Å²) in [5.74, 6) is -0.119. The van der Waals surface area contributed by atoms with Gasteiger partial charge in [0.2, 0.25) is 5.91 Å². The average molecular weight is 512 g/mol. The van der Waals surface area contributed by atoms with Gasteiger partial charge in [-0.3, -0.25) is 4.79 Å². The zero-order valence-electron chi connectivity index (χ0n) is 21.6. The average Bonchev–Trinajstić information content (AvgIpc) is 3.63. The molecule has 193 valence electrons. The Balaban J connectivity index is 1.39. The molecule has 2 aliphatic rings. The normalized spacial score (nSPS) is 23.8. The summed E-state index contributed by atoms with van der Waals surface area (Å²) in [4.78, 5) is 20.3. The Bertz CT molecular complexity index is 1350. The number of nitrogens with zero attached hydrogens (tertiary/aromatic N) is 3. The van der Waals surface area contributed by atoms with E-state index >= 15 is 0 Å². The van der Waals surface area contributed by atoms with E-state index in [9.17, 15) is 14.3 Å². The lowest BCUT2D eigenvalue weighted by Gasteiger charge is -2.29. The van der Waals surface area contributed by atoms with Crippen LogP contribution in [0.5, 0.6) is 0 Å². The van der Waals surface area contributed by atoms with Crippen LogP contribution in [0.1, 0.15) is 44.4 Å². The van der Waals surface area contributed by atoms with Crippen molar-refractivity contribution in [2.75, 3.05) is 6.54 Å². The van der Waals surface area contributed by atoms with Gasteiger partial charge >= 0.3 is 0 Å². The number of rotatable bonds is 7. The number of likely N-dealkylation sites (tertiary alicyclic amines) is 1. The minimum absolute atomic E-state index is 0.0747. The van der Waals surface area contributed by atoms with E-state index in [0.717, 1.165) is 11.1 Å². The first-order valence-electron chi connectivity index (χ1n) is 12.7. The Labute approximate surface area is 223 Å². The molecule has 3 aromatic rings. The molecule has 1 saturated heterocycles. The Kier molecular flexibility index (Phi) is 7.15. The second-order valence-electron chi connectivity index (χ2n) is 10.3. The fourth-order valence-electron chi connectivity index (χ4n) is 5.21. The summed E-state index contributed by atoms with van der Waals surface area (Å²) in [6, 6.07) is 15.4. The first-order valence-corrected chi connectivity index (χ1v) is 12.7. The maximum atomic E-state index is 14.2. The second kappa shape index (κ2) is 10.4. The van der Waals surface area contributed by atoms with Crippen LogP contribution in [0.2, 0.25) is 0 Å². The van der Waals surface area contributed by atoms with Crippen LogP contribution in [0, 0.1) is 11.7 Å². The molecule has 1 aromatic heterocycles. The highest BCUT2D eigenvalue weighted by Gasteiger charge is 2.45. The number of halogens is 1. The van der Waals surface area contributed by atoms with Gasteiger partial charge in [0.05, 0.1) is 12.1 Å². The Morgan fingerprint density at radius 2 is 2.00 bits per heavy atom. The van der Waals surface area contributed by atoms with E-state index in [2.05, 4.69) is 16.0 Å². The van der Waals surface area contributed by atoms with Gasteiger partial charge in [-0.15, -0.1) is 0 Å². The van der Waals surface area contributed by atoms with Crippen molar-refractivity contribution in [2.24, 2.45) is 10.9 Å². The highest BCUT2D eigenvalue weighted by Crippen LogP contribution is 2.33. The third-order valence-electron chi connectivity index (χ3n) is 7.24. The number of carbonyl (C=O) groups excluding carboxylic acids is 1. The van der Waals surface area contributed by atoms with Gasteiger partial charge in [0.1, 0.15) is 30.5 Å². The minimum atomic E-state index is -0.820. The molecule has 5 rings (SSSR count). The van der Waals surface area contributed by atoms with Crippen LogP contribution in [0.4, 0.5) is 4.39 Å². The van der Waals surface area contributed by atoms with Gasteiger partial charge in [-0.1, -0.05) is 61.5 Å². The van der Waals surface area contributed by atoms with Gasteiger partial charge in [0.25, 0.3) is 0 Å². The van der Waals surface area contributed by atoms with Crippen LogP contribution >= 0.6 is 0 Å². The molecule has 1 amide bonds. The second-order valence-corrected chi connectivity index (χ2v) is 10.3. The summed E-state index contributed by atoms with van der Waals surface area (Å²) in [6.07, 6.45) is -0.333. The Morgan fingerprint density at radius 1 is 1.26 bits per heavy atom. The summed E-state index contributed by atoms with van der Waals surface area (Å²) in [5.41, 5.74) is 8.17. The zero-order valence-corrected chi connectivity index (χ0v) is 21.6. The predicted octanol–water partition coefficient (Wildman–Crippen LogP) is 1.97. The first kappa shape index (κ1) is 26.2. The molecular formula is C27H29B2FN5O3. The number of hydrazine groups is 1. The van der Waals surface area contributed by atoms with E-state index in [4.69, 9.17) is 17.3 Å². The number of aliphatic imine (C=N–C) groups is 1. The van der Waals surface area contributed by atoms with Crippen LogP contribution in [-0.2, 0) is 10.5 Å². The van der Waals surface area contributed by atoms with Crippen LogP contribution in [0.3, 0.4) is 0 Å². The van der Waals surface area contributed by atoms with Gasteiger partial charge in [0.15, 0.2) is 5.66 Å². The van der Waals surface area contributed by atoms with E-state index in [1.807, 2.05) is 45.0 Å². The van der Waals surface area contributed by atoms with Crippen molar-refractivity contribution in [3.63, 3.8) is 0 Å². The summed E-state index contributed by atoms with van der Waals surface area (Å²) in [5, 5.41) is 14.4. The number of aliphatic hydroxyl groups excluding tert-OH is 1. The number of aromatic nitrogens is 1. The molecule has 0 spiro atoms. The number of hydrogen-bond donors (Lipinski definition) is 3. The molecule has 2 unspecified atom stereocenters. The molecule has 3 heterocycles. The standard InChI is InChI=1S/C27H29B2FN5O3/c1-15(2)24(22-13-23(29-28)33-38-22)26(37)35-14-18(36)12-21(35)25-31-27(3,34-32-25)17-10-8-16(9-11-17)19-6-4-5-7-20(19)30/h4-11,13,15,18,21,24,34,36H,12,14H2,1-3H3,(H,31,32)/t18-,21+,24?,27?/m1/s1. The molecular weight excluding hydrogens is 483 g/mol.